The van der Waals surface area contributed by atoms with Crippen molar-refractivity contribution in [1.82, 2.24) is 9.88 Å². The molecule has 2 aliphatic rings. The Morgan fingerprint density at radius 3 is 2.61 bits per heavy atom. The largest absolute Gasteiger partial charge is 0.422 e. The van der Waals surface area contributed by atoms with Crippen LogP contribution < -0.4 is 26.7 Å². The lowest BCUT2D eigenvalue weighted by Crippen LogP contribution is -2.47. The number of amides is 2. The maximum absolute atomic E-state index is 13.5. The van der Waals surface area contributed by atoms with E-state index in [-0.39, 0.29) is 34.8 Å². The van der Waals surface area contributed by atoms with E-state index in [4.69, 9.17) is 4.42 Å². The van der Waals surface area contributed by atoms with Gasteiger partial charge in [0.2, 0.25) is 0 Å². The Morgan fingerprint density at radius 1 is 0.951 bits per heavy atom. The number of nitrogens with one attached hydrogen (secondary N) is 2. The average Bonchev–Trinajstić information content (AvgIpc) is 2.96. The summed E-state index contributed by atoms with van der Waals surface area (Å²) in [5, 5.41) is 6.47. The summed E-state index contributed by atoms with van der Waals surface area (Å²) in [4.78, 5) is 53.8. The van der Waals surface area contributed by atoms with Crippen molar-refractivity contribution in [2.75, 3.05) is 29.9 Å². The number of rotatable bonds is 6. The van der Waals surface area contributed by atoms with E-state index in [9.17, 15) is 19.2 Å². The monoisotopic (exact) mass is 552 g/mol. The average molecular weight is 553 g/mol. The molecule has 41 heavy (non-hydrogen) atoms. The summed E-state index contributed by atoms with van der Waals surface area (Å²) in [5.41, 5.74) is 2.18. The summed E-state index contributed by atoms with van der Waals surface area (Å²) in [7, 11) is 0. The van der Waals surface area contributed by atoms with Crippen molar-refractivity contribution >= 4 is 34.2 Å². The van der Waals surface area contributed by atoms with Gasteiger partial charge in [-0.2, -0.15) is 0 Å². The lowest BCUT2D eigenvalue weighted by atomic mass is 9.83. The SMILES string of the molecule is CC(C)CNC(=O)c1ccc(N2C[C@H]3C[C@@H](C2)c2cccc(=O)n2C3)c(NC(=O)c2cc3ccccc3oc2=O)c1. The number of para-hydroxylation sites is 1. The number of fused-ring (bicyclic) bond motifs is 5. The highest BCUT2D eigenvalue weighted by Crippen LogP contribution is 2.39. The maximum atomic E-state index is 13.5. The molecule has 0 radical (unpaired) electrons. The lowest BCUT2D eigenvalue weighted by molar-refractivity contribution is 0.0947. The Bertz CT molecular complexity index is 1770. The van der Waals surface area contributed by atoms with Gasteiger partial charge in [-0.25, -0.2) is 4.79 Å². The van der Waals surface area contributed by atoms with E-state index >= 15 is 0 Å². The Morgan fingerprint density at radius 2 is 1.78 bits per heavy atom. The highest BCUT2D eigenvalue weighted by molar-refractivity contribution is 6.08. The van der Waals surface area contributed by atoms with Gasteiger partial charge in [-0.05, 0) is 54.7 Å². The minimum atomic E-state index is -0.733. The Balaban J connectivity index is 1.35. The molecule has 4 aromatic rings. The molecule has 9 heteroatoms. The predicted molar refractivity (Wildman–Crippen MR) is 158 cm³/mol. The quantitative estimate of drug-likeness (QED) is 0.347. The molecule has 9 nitrogen and oxygen atoms in total. The Kier molecular flexibility index (Phi) is 6.95. The highest BCUT2D eigenvalue weighted by atomic mass is 16.4. The molecule has 2 aliphatic heterocycles. The molecule has 2 bridgehead atoms. The molecule has 2 N–H and O–H groups in total. The Hall–Kier alpha value is -4.66. The number of nitrogens with zero attached hydrogens (tertiary/aromatic N) is 2. The fraction of sp³-hybridized carbons (Fsp3) is 0.312. The molecule has 210 valence electrons. The summed E-state index contributed by atoms with van der Waals surface area (Å²) in [5.74, 6) is -0.157. The molecule has 2 amide bonds. The first-order valence-corrected chi connectivity index (χ1v) is 14.0. The molecular formula is C32H32N4O5. The van der Waals surface area contributed by atoms with Gasteiger partial charge in [-0.1, -0.05) is 38.1 Å². The van der Waals surface area contributed by atoms with E-state index in [0.717, 1.165) is 17.8 Å². The molecule has 0 saturated carbocycles. The molecule has 0 spiro atoms. The van der Waals surface area contributed by atoms with Crippen molar-refractivity contribution < 1.29 is 14.0 Å². The summed E-state index contributed by atoms with van der Waals surface area (Å²) < 4.78 is 7.26. The number of hydrogen-bond acceptors (Lipinski definition) is 6. The summed E-state index contributed by atoms with van der Waals surface area (Å²) in [6, 6.07) is 19.2. The molecule has 1 fully saturated rings. The van der Waals surface area contributed by atoms with Crippen LogP contribution in [0.15, 0.2) is 80.7 Å². The van der Waals surface area contributed by atoms with Crippen LogP contribution in [0.1, 0.15) is 52.6 Å². The fourth-order valence-electron chi connectivity index (χ4n) is 5.96. The maximum Gasteiger partial charge on any atom is 0.349 e. The van der Waals surface area contributed by atoms with E-state index in [1.165, 1.54) is 6.07 Å². The lowest BCUT2D eigenvalue weighted by Gasteiger charge is -2.44. The van der Waals surface area contributed by atoms with Gasteiger partial charge in [0.05, 0.1) is 11.4 Å². The van der Waals surface area contributed by atoms with E-state index < -0.39 is 11.5 Å². The van der Waals surface area contributed by atoms with E-state index in [1.807, 2.05) is 30.5 Å². The van der Waals surface area contributed by atoms with Gasteiger partial charge in [0, 0.05) is 54.8 Å². The van der Waals surface area contributed by atoms with Gasteiger partial charge in [0.25, 0.3) is 17.4 Å². The molecule has 2 atom stereocenters. The molecule has 0 unspecified atom stereocenters. The van der Waals surface area contributed by atoms with Crippen molar-refractivity contribution in [1.29, 1.82) is 0 Å². The van der Waals surface area contributed by atoms with Crippen LogP contribution in [0.2, 0.25) is 0 Å². The van der Waals surface area contributed by atoms with Crippen LogP contribution in [-0.2, 0) is 6.54 Å². The molecule has 2 aromatic carbocycles. The summed E-state index contributed by atoms with van der Waals surface area (Å²) in [6.07, 6.45) is 0.982. The number of carbonyl (C=O) groups excluding carboxylic acids is 2. The Labute approximate surface area is 236 Å². The van der Waals surface area contributed by atoms with Gasteiger partial charge in [-0.15, -0.1) is 0 Å². The van der Waals surface area contributed by atoms with Crippen molar-refractivity contribution in [3.8, 4) is 0 Å². The molecular weight excluding hydrogens is 520 g/mol. The first-order chi connectivity index (χ1) is 19.8. The third-order valence-electron chi connectivity index (χ3n) is 7.88. The smallest absolute Gasteiger partial charge is 0.349 e. The molecule has 0 aliphatic carbocycles. The van der Waals surface area contributed by atoms with Gasteiger partial charge in [-0.3, -0.25) is 14.4 Å². The number of carbonyl (C=O) groups is 2. The molecule has 1 saturated heterocycles. The second-order valence-corrected chi connectivity index (χ2v) is 11.4. The van der Waals surface area contributed by atoms with Crippen molar-refractivity contribution in [3.05, 3.63) is 104 Å². The van der Waals surface area contributed by atoms with E-state index in [1.54, 1.807) is 48.5 Å². The third-order valence-corrected chi connectivity index (χ3v) is 7.88. The summed E-state index contributed by atoms with van der Waals surface area (Å²) >= 11 is 0. The van der Waals surface area contributed by atoms with Crippen molar-refractivity contribution in [2.24, 2.45) is 11.8 Å². The first kappa shape index (κ1) is 26.6. The third kappa shape index (κ3) is 5.27. The topological polar surface area (TPSA) is 114 Å². The van der Waals surface area contributed by atoms with Crippen LogP contribution in [0.25, 0.3) is 11.0 Å². The second-order valence-electron chi connectivity index (χ2n) is 11.4. The van der Waals surface area contributed by atoms with Gasteiger partial charge in [0.1, 0.15) is 11.1 Å². The number of piperidine rings is 1. The zero-order valence-electron chi connectivity index (χ0n) is 23.1. The number of anilines is 2. The van der Waals surface area contributed by atoms with Crippen LogP contribution in [-0.4, -0.2) is 36.0 Å². The van der Waals surface area contributed by atoms with Crippen LogP contribution in [0.5, 0.6) is 0 Å². The van der Waals surface area contributed by atoms with Crippen LogP contribution in [0.3, 0.4) is 0 Å². The number of hydrogen-bond donors (Lipinski definition) is 2. The van der Waals surface area contributed by atoms with Crippen molar-refractivity contribution in [2.45, 2.75) is 32.7 Å². The van der Waals surface area contributed by atoms with Crippen LogP contribution in [0.4, 0.5) is 11.4 Å². The number of pyridine rings is 1. The zero-order valence-corrected chi connectivity index (χ0v) is 23.1. The van der Waals surface area contributed by atoms with E-state index in [0.29, 0.717) is 48.4 Å². The second kappa shape index (κ2) is 10.7. The zero-order chi connectivity index (χ0) is 28.7. The van der Waals surface area contributed by atoms with E-state index in [2.05, 4.69) is 15.5 Å². The fourth-order valence-corrected chi connectivity index (χ4v) is 5.96. The van der Waals surface area contributed by atoms with Gasteiger partial charge >= 0.3 is 5.63 Å². The van der Waals surface area contributed by atoms with Crippen LogP contribution >= 0.6 is 0 Å². The van der Waals surface area contributed by atoms with Gasteiger partial charge in [0.15, 0.2) is 0 Å². The summed E-state index contributed by atoms with van der Waals surface area (Å²) in [6.45, 7) is 6.54. The predicted octanol–water partition coefficient (Wildman–Crippen LogP) is 4.22. The minimum absolute atomic E-state index is 0.0181. The number of aromatic nitrogens is 1. The first-order valence-electron chi connectivity index (χ1n) is 14.0. The molecule has 4 heterocycles. The molecule has 2 aromatic heterocycles. The number of benzene rings is 2. The van der Waals surface area contributed by atoms with Gasteiger partial charge < -0.3 is 24.5 Å². The van der Waals surface area contributed by atoms with Crippen LogP contribution in [0, 0.1) is 11.8 Å². The minimum Gasteiger partial charge on any atom is -0.422 e. The standard InChI is InChI=1S/C32H32N4O5/c1-19(2)15-33-30(38)22-10-11-27(35-16-20-12-23(18-35)26-7-5-9-29(37)36(26)17-20)25(14-22)34-31(39)24-13-21-6-3-4-8-28(21)41-32(24)40/h3-11,13-14,19-20,23H,12,15-18H2,1-2H3,(H,33,38)(H,34,39)/t20-,23+/m1/s1. The highest BCUT2D eigenvalue weighted by Gasteiger charge is 2.35. The van der Waals surface area contributed by atoms with Crippen molar-refractivity contribution in [3.63, 3.8) is 0 Å². The molecule has 6 rings (SSSR count). The normalized spacial score (nSPS) is 17.8.